The maximum atomic E-state index is 13.0. The summed E-state index contributed by atoms with van der Waals surface area (Å²) in [6.07, 6.45) is -4.03. The fourth-order valence-electron chi connectivity index (χ4n) is 2.44. The Morgan fingerprint density at radius 2 is 2.17 bits per heavy atom. The molecule has 1 aromatic heterocycles. The third kappa shape index (κ3) is 4.21. The molecule has 23 heavy (non-hydrogen) atoms. The van der Waals surface area contributed by atoms with Crippen LogP contribution in [-0.2, 0) is 4.79 Å². The van der Waals surface area contributed by atoms with Crippen LogP contribution in [0.2, 0.25) is 0 Å². The van der Waals surface area contributed by atoms with Crippen molar-refractivity contribution in [2.75, 3.05) is 29.9 Å². The zero-order chi connectivity index (χ0) is 17.2. The SMILES string of the molecule is CC(O)CNc1cc(N2C[C@@H](C(F)(F)F)[C@H](C(=O)O)C2)ncn1. The minimum Gasteiger partial charge on any atom is -0.481 e. The lowest BCUT2D eigenvalue weighted by Gasteiger charge is -2.19. The number of hydrogen-bond donors (Lipinski definition) is 3. The fraction of sp³-hybridized carbons (Fsp3) is 0.615. The number of rotatable bonds is 5. The Hall–Kier alpha value is -2.10. The molecule has 128 valence electrons. The number of aliphatic hydroxyl groups excluding tert-OH is 1. The average molecular weight is 334 g/mol. The van der Waals surface area contributed by atoms with Crippen molar-refractivity contribution in [3.05, 3.63) is 12.4 Å². The monoisotopic (exact) mass is 334 g/mol. The van der Waals surface area contributed by atoms with Gasteiger partial charge in [-0.25, -0.2) is 9.97 Å². The molecule has 0 aliphatic carbocycles. The summed E-state index contributed by atoms with van der Waals surface area (Å²) in [5.41, 5.74) is 0. The van der Waals surface area contributed by atoms with Crippen LogP contribution in [0.25, 0.3) is 0 Å². The molecule has 1 aliphatic heterocycles. The van der Waals surface area contributed by atoms with Gasteiger partial charge in [-0.15, -0.1) is 0 Å². The molecule has 3 atom stereocenters. The number of alkyl halides is 3. The van der Waals surface area contributed by atoms with Gasteiger partial charge in [-0.2, -0.15) is 13.2 Å². The van der Waals surface area contributed by atoms with E-state index in [1.807, 2.05) is 0 Å². The largest absolute Gasteiger partial charge is 0.481 e. The minimum atomic E-state index is -4.59. The molecular weight excluding hydrogens is 317 g/mol. The molecule has 10 heteroatoms. The molecular formula is C13H17F3N4O3. The van der Waals surface area contributed by atoms with Crippen LogP contribution in [0.3, 0.4) is 0 Å². The summed E-state index contributed by atoms with van der Waals surface area (Å²) in [6, 6.07) is 1.43. The molecule has 7 nitrogen and oxygen atoms in total. The second-order valence-electron chi connectivity index (χ2n) is 5.49. The van der Waals surface area contributed by atoms with Crippen LogP contribution in [0.15, 0.2) is 12.4 Å². The van der Waals surface area contributed by atoms with Crippen LogP contribution in [0.1, 0.15) is 6.92 Å². The Morgan fingerprint density at radius 1 is 1.48 bits per heavy atom. The van der Waals surface area contributed by atoms with Crippen molar-refractivity contribution >= 4 is 17.6 Å². The molecule has 1 unspecified atom stereocenters. The Bertz CT molecular complexity index is 568. The number of carbonyl (C=O) groups is 1. The predicted octanol–water partition coefficient (Wildman–Crippen LogP) is 0.969. The number of nitrogens with zero attached hydrogens (tertiary/aromatic N) is 3. The highest BCUT2D eigenvalue weighted by Crippen LogP contribution is 2.39. The maximum Gasteiger partial charge on any atom is 0.394 e. The first kappa shape index (κ1) is 17.3. The van der Waals surface area contributed by atoms with Gasteiger partial charge in [-0.3, -0.25) is 4.79 Å². The molecule has 0 amide bonds. The summed E-state index contributed by atoms with van der Waals surface area (Å²) in [5.74, 6) is -4.39. The summed E-state index contributed by atoms with van der Waals surface area (Å²) in [5, 5.41) is 21.0. The predicted molar refractivity (Wildman–Crippen MR) is 75.1 cm³/mol. The Balaban J connectivity index is 2.16. The lowest BCUT2D eigenvalue weighted by atomic mass is 9.96. The van der Waals surface area contributed by atoms with Crippen molar-refractivity contribution in [2.24, 2.45) is 11.8 Å². The van der Waals surface area contributed by atoms with Gasteiger partial charge in [0.25, 0.3) is 0 Å². The van der Waals surface area contributed by atoms with Crippen molar-refractivity contribution in [2.45, 2.75) is 19.2 Å². The summed E-state index contributed by atoms with van der Waals surface area (Å²) in [7, 11) is 0. The zero-order valence-electron chi connectivity index (χ0n) is 12.3. The third-order valence-electron chi connectivity index (χ3n) is 3.61. The van der Waals surface area contributed by atoms with E-state index in [1.54, 1.807) is 6.92 Å². The van der Waals surface area contributed by atoms with Crippen molar-refractivity contribution in [1.29, 1.82) is 0 Å². The number of nitrogens with one attached hydrogen (secondary N) is 1. The molecule has 3 N–H and O–H groups in total. The van der Waals surface area contributed by atoms with Crippen LogP contribution < -0.4 is 10.2 Å². The van der Waals surface area contributed by atoms with E-state index >= 15 is 0 Å². The number of carboxylic acid groups (broad SMARTS) is 1. The van der Waals surface area contributed by atoms with Gasteiger partial charge in [-0.05, 0) is 6.92 Å². The second-order valence-corrected chi connectivity index (χ2v) is 5.49. The maximum absolute atomic E-state index is 13.0. The molecule has 0 spiro atoms. The van der Waals surface area contributed by atoms with Gasteiger partial charge in [0.2, 0.25) is 0 Å². The second kappa shape index (κ2) is 6.57. The van der Waals surface area contributed by atoms with E-state index in [0.29, 0.717) is 5.82 Å². The molecule has 0 aromatic carbocycles. The van der Waals surface area contributed by atoms with Crippen molar-refractivity contribution in [3.63, 3.8) is 0 Å². The number of aliphatic carboxylic acids is 1. The highest BCUT2D eigenvalue weighted by atomic mass is 19.4. The lowest BCUT2D eigenvalue weighted by molar-refractivity contribution is -0.187. The van der Waals surface area contributed by atoms with E-state index in [1.165, 1.54) is 17.3 Å². The molecule has 2 rings (SSSR count). The van der Waals surface area contributed by atoms with Crippen LogP contribution in [-0.4, -0.2) is 58.1 Å². The minimum absolute atomic E-state index is 0.214. The topological polar surface area (TPSA) is 98.6 Å². The van der Waals surface area contributed by atoms with Crippen LogP contribution in [0.4, 0.5) is 24.8 Å². The summed E-state index contributed by atoms with van der Waals surface area (Å²) in [4.78, 5) is 20.2. The number of carboxylic acids is 1. The Kier molecular flexibility index (Phi) is 4.93. The van der Waals surface area contributed by atoms with Gasteiger partial charge >= 0.3 is 12.1 Å². The van der Waals surface area contributed by atoms with Crippen LogP contribution in [0.5, 0.6) is 0 Å². The normalized spacial score (nSPS) is 22.9. The number of hydrogen-bond acceptors (Lipinski definition) is 6. The Labute approximate surface area is 130 Å². The molecule has 0 bridgehead atoms. The van der Waals surface area contributed by atoms with Crippen LogP contribution in [0, 0.1) is 11.8 Å². The third-order valence-corrected chi connectivity index (χ3v) is 3.61. The van der Waals surface area contributed by atoms with E-state index in [4.69, 9.17) is 5.11 Å². The van der Waals surface area contributed by atoms with Gasteiger partial charge in [0, 0.05) is 25.7 Å². The molecule has 1 aromatic rings. The number of aliphatic hydroxyl groups is 1. The van der Waals surface area contributed by atoms with Crippen molar-refractivity contribution in [3.8, 4) is 0 Å². The number of aromatic nitrogens is 2. The average Bonchev–Trinajstić information content (AvgIpc) is 2.91. The van der Waals surface area contributed by atoms with Crippen molar-refractivity contribution < 1.29 is 28.2 Å². The van der Waals surface area contributed by atoms with Gasteiger partial charge in [0.15, 0.2) is 0 Å². The molecule has 1 fully saturated rings. The molecule has 1 aliphatic rings. The standard InChI is InChI=1S/C13H17F3N4O3/c1-7(21)3-17-10-2-11(19-6-18-10)20-4-8(12(22)23)9(5-20)13(14,15)16/h2,6-9,21H,3-5H2,1H3,(H,22,23)(H,17,18,19)/t7?,8-,9-/m1/s1. The molecule has 0 radical (unpaired) electrons. The number of anilines is 2. The van der Waals surface area contributed by atoms with Gasteiger partial charge in [0.1, 0.15) is 18.0 Å². The smallest absolute Gasteiger partial charge is 0.394 e. The first-order valence-electron chi connectivity index (χ1n) is 6.97. The van der Waals surface area contributed by atoms with Crippen LogP contribution >= 0.6 is 0 Å². The summed E-state index contributed by atoms with van der Waals surface area (Å²) in [6.45, 7) is 1.06. The highest BCUT2D eigenvalue weighted by Gasteiger charge is 2.52. The first-order chi connectivity index (χ1) is 10.7. The zero-order valence-corrected chi connectivity index (χ0v) is 12.3. The molecule has 1 saturated heterocycles. The summed E-state index contributed by atoms with van der Waals surface area (Å²) < 4.78 is 39.0. The van der Waals surface area contributed by atoms with Gasteiger partial charge in [0.05, 0.1) is 17.9 Å². The fourth-order valence-corrected chi connectivity index (χ4v) is 2.44. The van der Waals surface area contributed by atoms with E-state index in [0.717, 1.165) is 0 Å². The highest BCUT2D eigenvalue weighted by molar-refractivity contribution is 5.72. The van der Waals surface area contributed by atoms with E-state index < -0.39 is 36.6 Å². The first-order valence-corrected chi connectivity index (χ1v) is 6.97. The molecule has 0 saturated carbocycles. The van der Waals surface area contributed by atoms with E-state index in [-0.39, 0.29) is 18.9 Å². The summed E-state index contributed by atoms with van der Waals surface area (Å²) >= 11 is 0. The van der Waals surface area contributed by atoms with E-state index in [2.05, 4.69) is 15.3 Å². The van der Waals surface area contributed by atoms with Gasteiger partial charge in [-0.1, -0.05) is 0 Å². The quantitative estimate of drug-likeness (QED) is 0.738. The van der Waals surface area contributed by atoms with Crippen molar-refractivity contribution in [1.82, 2.24) is 9.97 Å². The van der Waals surface area contributed by atoms with E-state index in [9.17, 15) is 23.1 Å². The van der Waals surface area contributed by atoms with Gasteiger partial charge < -0.3 is 20.4 Å². The lowest BCUT2D eigenvalue weighted by Crippen LogP contribution is -2.33. The Morgan fingerprint density at radius 3 is 2.70 bits per heavy atom. The molecule has 2 heterocycles. The number of halogens is 3.